The van der Waals surface area contributed by atoms with Gasteiger partial charge in [-0.15, -0.1) is 0 Å². The van der Waals surface area contributed by atoms with E-state index in [-0.39, 0.29) is 5.25 Å². The van der Waals surface area contributed by atoms with E-state index >= 15 is 0 Å². The average molecular weight is 255 g/mol. The summed E-state index contributed by atoms with van der Waals surface area (Å²) in [5.74, 6) is 0. The maximum absolute atomic E-state index is 12.0. The number of nitrogens with two attached hydrogens (primary N) is 1. The Morgan fingerprint density at radius 1 is 1.24 bits per heavy atom. The van der Waals surface area contributed by atoms with Crippen molar-refractivity contribution in [1.29, 1.82) is 0 Å². The third kappa shape index (κ3) is 3.82. The molecule has 4 heteroatoms. The van der Waals surface area contributed by atoms with Crippen LogP contribution in [-0.2, 0) is 16.3 Å². The van der Waals surface area contributed by atoms with E-state index in [4.69, 9.17) is 5.73 Å². The first-order chi connectivity index (χ1) is 7.98. The summed E-state index contributed by atoms with van der Waals surface area (Å²) in [6.45, 7) is 4.09. The van der Waals surface area contributed by atoms with Crippen LogP contribution >= 0.6 is 0 Å². The molecule has 0 atom stereocenters. The number of unbranched alkanes of at least 4 members (excludes halogenated alkanes) is 1. The van der Waals surface area contributed by atoms with Crippen molar-refractivity contribution >= 4 is 9.84 Å². The molecule has 0 aliphatic heterocycles. The molecular weight excluding hydrogens is 234 g/mol. The molecule has 0 fully saturated rings. The van der Waals surface area contributed by atoms with Crippen molar-refractivity contribution in [1.82, 2.24) is 0 Å². The van der Waals surface area contributed by atoms with Crippen LogP contribution in [0.5, 0.6) is 0 Å². The fourth-order valence-electron chi connectivity index (χ4n) is 1.62. The molecule has 0 saturated carbocycles. The Labute approximate surface area is 104 Å². The molecule has 0 unspecified atom stereocenters. The average Bonchev–Trinajstić information content (AvgIpc) is 2.29. The second kappa shape index (κ2) is 6.17. The Bertz CT molecular complexity index is 452. The highest BCUT2D eigenvalue weighted by atomic mass is 32.2. The monoisotopic (exact) mass is 255 g/mol. The molecule has 1 aromatic rings. The number of rotatable bonds is 6. The zero-order valence-corrected chi connectivity index (χ0v) is 11.3. The van der Waals surface area contributed by atoms with Gasteiger partial charge in [0.2, 0.25) is 0 Å². The maximum Gasteiger partial charge on any atom is 0.180 e. The van der Waals surface area contributed by atoms with Gasteiger partial charge in [0, 0.05) is 0 Å². The Hall–Kier alpha value is -0.870. The van der Waals surface area contributed by atoms with Crippen LogP contribution in [-0.4, -0.2) is 20.2 Å². The molecule has 3 nitrogen and oxygen atoms in total. The molecule has 2 N–H and O–H groups in total. The summed E-state index contributed by atoms with van der Waals surface area (Å²) in [4.78, 5) is 0.428. The third-order valence-corrected chi connectivity index (χ3v) is 4.92. The van der Waals surface area contributed by atoms with E-state index < -0.39 is 9.84 Å². The maximum atomic E-state index is 12.0. The van der Waals surface area contributed by atoms with Gasteiger partial charge in [-0.3, -0.25) is 0 Å². The molecule has 0 aromatic heterocycles. The van der Waals surface area contributed by atoms with Crippen molar-refractivity contribution in [3.8, 4) is 0 Å². The van der Waals surface area contributed by atoms with E-state index in [1.54, 1.807) is 26.0 Å². The van der Waals surface area contributed by atoms with Crippen molar-refractivity contribution in [2.24, 2.45) is 5.73 Å². The highest BCUT2D eigenvalue weighted by molar-refractivity contribution is 7.92. The van der Waals surface area contributed by atoms with Gasteiger partial charge in [0.15, 0.2) is 9.84 Å². The van der Waals surface area contributed by atoms with Crippen LogP contribution in [0.1, 0.15) is 32.3 Å². The number of sulfone groups is 1. The van der Waals surface area contributed by atoms with Crippen molar-refractivity contribution in [3.63, 3.8) is 0 Å². The molecule has 0 radical (unpaired) electrons. The lowest BCUT2D eigenvalue weighted by atomic mass is 10.1. The Balaban J connectivity index is 2.86. The molecule has 96 valence electrons. The van der Waals surface area contributed by atoms with Crippen LogP contribution in [0.25, 0.3) is 0 Å². The van der Waals surface area contributed by atoms with Crippen LogP contribution in [0.2, 0.25) is 0 Å². The van der Waals surface area contributed by atoms with E-state index in [2.05, 4.69) is 0 Å². The van der Waals surface area contributed by atoms with Gasteiger partial charge in [0.05, 0.1) is 10.1 Å². The van der Waals surface area contributed by atoms with Gasteiger partial charge in [-0.1, -0.05) is 12.1 Å². The van der Waals surface area contributed by atoms with E-state index in [1.807, 2.05) is 12.1 Å². The summed E-state index contributed by atoms with van der Waals surface area (Å²) < 4.78 is 24.0. The van der Waals surface area contributed by atoms with E-state index in [9.17, 15) is 8.42 Å². The van der Waals surface area contributed by atoms with Crippen LogP contribution in [0.3, 0.4) is 0 Å². The van der Waals surface area contributed by atoms with Crippen LogP contribution in [0.15, 0.2) is 29.2 Å². The van der Waals surface area contributed by atoms with Gasteiger partial charge < -0.3 is 5.73 Å². The van der Waals surface area contributed by atoms with Crippen molar-refractivity contribution in [2.45, 2.75) is 43.3 Å². The van der Waals surface area contributed by atoms with Gasteiger partial charge in [0.1, 0.15) is 0 Å². The minimum Gasteiger partial charge on any atom is -0.330 e. The zero-order chi connectivity index (χ0) is 12.9. The predicted octanol–water partition coefficient (Wildman–Crippen LogP) is 2.15. The second-order valence-corrected chi connectivity index (χ2v) is 6.99. The summed E-state index contributed by atoms with van der Waals surface area (Å²) in [5.41, 5.74) is 6.51. The standard InChI is InChI=1S/C13H21NO2S/c1-11(2)17(15,16)13-8-5-7-12(10-13)6-3-4-9-14/h5,7-8,10-11H,3-4,6,9,14H2,1-2H3. The van der Waals surface area contributed by atoms with Gasteiger partial charge >= 0.3 is 0 Å². The Kier molecular flexibility index (Phi) is 5.15. The van der Waals surface area contributed by atoms with Gasteiger partial charge in [-0.2, -0.15) is 0 Å². The largest absolute Gasteiger partial charge is 0.330 e. The molecule has 1 rings (SSSR count). The Morgan fingerprint density at radius 2 is 1.94 bits per heavy atom. The number of aryl methyl sites for hydroxylation is 1. The van der Waals surface area contributed by atoms with Crippen molar-refractivity contribution in [3.05, 3.63) is 29.8 Å². The molecule has 0 saturated heterocycles. The van der Waals surface area contributed by atoms with E-state index in [0.29, 0.717) is 11.4 Å². The fourth-order valence-corrected chi connectivity index (χ4v) is 2.75. The lowest BCUT2D eigenvalue weighted by molar-refractivity contribution is 0.587. The summed E-state index contributed by atoms with van der Waals surface area (Å²) in [5, 5.41) is -0.373. The highest BCUT2D eigenvalue weighted by Crippen LogP contribution is 2.18. The van der Waals surface area contributed by atoms with Gasteiger partial charge in [-0.25, -0.2) is 8.42 Å². The van der Waals surface area contributed by atoms with E-state index in [0.717, 1.165) is 24.8 Å². The van der Waals surface area contributed by atoms with Crippen LogP contribution < -0.4 is 5.73 Å². The minimum atomic E-state index is -3.15. The SMILES string of the molecule is CC(C)S(=O)(=O)c1cccc(CCCCN)c1. The number of hydrogen-bond acceptors (Lipinski definition) is 3. The van der Waals surface area contributed by atoms with Crippen LogP contribution in [0.4, 0.5) is 0 Å². The first-order valence-corrected chi connectivity index (χ1v) is 7.56. The Morgan fingerprint density at radius 3 is 2.53 bits per heavy atom. The fraction of sp³-hybridized carbons (Fsp3) is 0.538. The summed E-state index contributed by atoms with van der Waals surface area (Å²) in [7, 11) is -3.15. The smallest absolute Gasteiger partial charge is 0.180 e. The minimum absolute atomic E-state index is 0.373. The van der Waals surface area contributed by atoms with Crippen LogP contribution in [0, 0.1) is 0 Å². The third-order valence-electron chi connectivity index (χ3n) is 2.77. The molecule has 17 heavy (non-hydrogen) atoms. The topological polar surface area (TPSA) is 60.2 Å². The van der Waals surface area contributed by atoms with Crippen molar-refractivity contribution in [2.75, 3.05) is 6.54 Å². The van der Waals surface area contributed by atoms with Gasteiger partial charge in [-0.05, 0) is 57.4 Å². The highest BCUT2D eigenvalue weighted by Gasteiger charge is 2.18. The number of hydrogen-bond donors (Lipinski definition) is 1. The normalized spacial score (nSPS) is 12.0. The number of benzene rings is 1. The summed E-state index contributed by atoms with van der Waals surface area (Å²) in [6.07, 6.45) is 2.86. The first kappa shape index (κ1) is 14.2. The molecule has 0 spiro atoms. The molecule has 1 aromatic carbocycles. The zero-order valence-electron chi connectivity index (χ0n) is 10.5. The molecular formula is C13H21NO2S. The first-order valence-electron chi connectivity index (χ1n) is 6.01. The molecule has 0 aliphatic rings. The lowest BCUT2D eigenvalue weighted by Gasteiger charge is -2.09. The molecule has 0 bridgehead atoms. The van der Waals surface area contributed by atoms with Crippen molar-refractivity contribution < 1.29 is 8.42 Å². The second-order valence-electron chi connectivity index (χ2n) is 4.49. The van der Waals surface area contributed by atoms with Gasteiger partial charge in [0.25, 0.3) is 0 Å². The van der Waals surface area contributed by atoms with E-state index in [1.165, 1.54) is 0 Å². The quantitative estimate of drug-likeness (QED) is 0.792. The predicted molar refractivity (Wildman–Crippen MR) is 70.8 cm³/mol. The molecule has 0 amide bonds. The molecule has 0 heterocycles. The summed E-state index contributed by atoms with van der Waals surface area (Å²) in [6, 6.07) is 7.23. The molecule has 0 aliphatic carbocycles. The lowest BCUT2D eigenvalue weighted by Crippen LogP contribution is -2.14. The summed E-state index contributed by atoms with van der Waals surface area (Å²) >= 11 is 0.